The summed E-state index contributed by atoms with van der Waals surface area (Å²) in [5.41, 5.74) is 3.50. The molecule has 0 saturated carbocycles. The maximum atomic E-state index is 11.4. The number of nitrogens with zero attached hydrogens (tertiary/aromatic N) is 2. The molecular formula is C14H14N2O. The molecule has 0 aliphatic carbocycles. The zero-order chi connectivity index (χ0) is 12.3. The second kappa shape index (κ2) is 4.87. The zero-order valence-electron chi connectivity index (χ0n) is 9.97. The van der Waals surface area contributed by atoms with Crippen molar-refractivity contribution < 1.29 is 4.79 Å². The van der Waals surface area contributed by atoms with Crippen molar-refractivity contribution in [1.29, 1.82) is 0 Å². The van der Waals surface area contributed by atoms with Gasteiger partial charge in [-0.15, -0.1) is 0 Å². The number of ketones is 1. The van der Waals surface area contributed by atoms with Crippen LogP contribution in [0.4, 0.5) is 0 Å². The first-order chi connectivity index (χ1) is 8.20. The van der Waals surface area contributed by atoms with E-state index in [1.54, 1.807) is 12.3 Å². The van der Waals surface area contributed by atoms with E-state index in [0.717, 1.165) is 16.8 Å². The quantitative estimate of drug-likeness (QED) is 0.755. The molecule has 0 N–H and O–H groups in total. The molecule has 2 rings (SSSR count). The van der Waals surface area contributed by atoms with Gasteiger partial charge in [-0.25, -0.2) is 0 Å². The zero-order valence-corrected chi connectivity index (χ0v) is 9.97. The lowest BCUT2D eigenvalue weighted by atomic mass is 10.1. The molecule has 0 radical (unpaired) electrons. The number of rotatable bonds is 3. The molecule has 0 bridgehead atoms. The fourth-order valence-electron chi connectivity index (χ4n) is 1.55. The van der Waals surface area contributed by atoms with Gasteiger partial charge in [-0.2, -0.15) is 0 Å². The van der Waals surface area contributed by atoms with E-state index in [-0.39, 0.29) is 5.78 Å². The van der Waals surface area contributed by atoms with E-state index in [4.69, 9.17) is 0 Å². The van der Waals surface area contributed by atoms with Crippen molar-refractivity contribution in [3.8, 4) is 11.1 Å². The van der Waals surface area contributed by atoms with Crippen molar-refractivity contribution in [3.05, 3.63) is 48.0 Å². The summed E-state index contributed by atoms with van der Waals surface area (Å²) in [6, 6.07) is 7.63. The molecule has 0 atom stereocenters. The molecular weight excluding hydrogens is 212 g/mol. The van der Waals surface area contributed by atoms with Crippen molar-refractivity contribution in [2.24, 2.45) is 0 Å². The van der Waals surface area contributed by atoms with Crippen molar-refractivity contribution in [1.82, 2.24) is 9.97 Å². The summed E-state index contributed by atoms with van der Waals surface area (Å²) in [5, 5.41) is 0. The first-order valence-electron chi connectivity index (χ1n) is 5.63. The highest BCUT2D eigenvalue weighted by Gasteiger charge is 2.05. The molecule has 3 nitrogen and oxygen atoms in total. The van der Waals surface area contributed by atoms with E-state index >= 15 is 0 Å². The van der Waals surface area contributed by atoms with Crippen molar-refractivity contribution in [2.45, 2.75) is 20.3 Å². The Hall–Kier alpha value is -2.03. The van der Waals surface area contributed by atoms with Crippen LogP contribution in [-0.2, 0) is 0 Å². The summed E-state index contributed by atoms with van der Waals surface area (Å²) in [6.07, 6.45) is 4.02. The van der Waals surface area contributed by atoms with E-state index in [9.17, 15) is 4.79 Å². The third-order valence-electron chi connectivity index (χ3n) is 2.61. The average Bonchev–Trinajstić information content (AvgIpc) is 2.39. The molecule has 0 saturated heterocycles. The molecule has 0 aromatic carbocycles. The maximum absolute atomic E-state index is 11.4. The summed E-state index contributed by atoms with van der Waals surface area (Å²) in [7, 11) is 0. The standard InChI is InChI=1S/C14H14N2O/c1-3-14(17)13-7-6-12(9-16-13)11-5-4-10(2)15-8-11/h4-9H,3H2,1-2H3. The van der Waals surface area contributed by atoms with Crippen LogP contribution >= 0.6 is 0 Å². The van der Waals surface area contributed by atoms with Gasteiger partial charge in [-0.05, 0) is 19.1 Å². The molecule has 0 unspecified atom stereocenters. The number of hydrogen-bond acceptors (Lipinski definition) is 3. The third-order valence-corrected chi connectivity index (χ3v) is 2.61. The minimum Gasteiger partial charge on any atom is -0.292 e. The topological polar surface area (TPSA) is 42.9 Å². The Kier molecular flexibility index (Phi) is 3.28. The first kappa shape index (κ1) is 11.5. The van der Waals surface area contributed by atoms with Crippen LogP contribution in [0.25, 0.3) is 11.1 Å². The lowest BCUT2D eigenvalue weighted by molar-refractivity contribution is 0.0983. The van der Waals surface area contributed by atoms with Crippen LogP contribution in [0.2, 0.25) is 0 Å². The summed E-state index contributed by atoms with van der Waals surface area (Å²) in [5.74, 6) is 0.0681. The molecule has 2 aromatic rings. The average molecular weight is 226 g/mol. The number of carbonyl (C=O) groups excluding carboxylic acids is 1. The van der Waals surface area contributed by atoms with Crippen molar-refractivity contribution in [3.63, 3.8) is 0 Å². The highest BCUT2D eigenvalue weighted by molar-refractivity contribution is 5.94. The Morgan fingerprint density at radius 3 is 2.18 bits per heavy atom. The van der Waals surface area contributed by atoms with E-state index in [1.165, 1.54) is 0 Å². The molecule has 2 heterocycles. The Morgan fingerprint density at radius 2 is 1.71 bits per heavy atom. The predicted molar refractivity (Wildman–Crippen MR) is 66.8 cm³/mol. The van der Waals surface area contributed by atoms with Gasteiger partial charge < -0.3 is 0 Å². The summed E-state index contributed by atoms with van der Waals surface area (Å²) in [6.45, 7) is 3.78. The second-order valence-corrected chi connectivity index (χ2v) is 3.90. The highest BCUT2D eigenvalue weighted by Crippen LogP contribution is 2.17. The molecule has 0 aliphatic heterocycles. The monoisotopic (exact) mass is 226 g/mol. The number of pyridine rings is 2. The van der Waals surface area contributed by atoms with Gasteiger partial charge >= 0.3 is 0 Å². The molecule has 0 amide bonds. The normalized spacial score (nSPS) is 10.2. The Bertz CT molecular complexity index is 515. The van der Waals surface area contributed by atoms with Crippen LogP contribution < -0.4 is 0 Å². The first-order valence-corrected chi connectivity index (χ1v) is 5.63. The maximum Gasteiger partial charge on any atom is 0.180 e. The summed E-state index contributed by atoms with van der Waals surface area (Å²) >= 11 is 0. The van der Waals surface area contributed by atoms with Crippen LogP contribution in [0.5, 0.6) is 0 Å². The van der Waals surface area contributed by atoms with Crippen molar-refractivity contribution in [2.75, 3.05) is 0 Å². The van der Waals surface area contributed by atoms with E-state index in [0.29, 0.717) is 12.1 Å². The smallest absolute Gasteiger partial charge is 0.180 e. The van der Waals surface area contributed by atoms with Gasteiger partial charge in [-0.1, -0.05) is 19.1 Å². The van der Waals surface area contributed by atoms with Crippen LogP contribution in [0.1, 0.15) is 29.5 Å². The Morgan fingerprint density at radius 1 is 1.06 bits per heavy atom. The molecule has 0 spiro atoms. The minimum absolute atomic E-state index is 0.0681. The van der Waals surface area contributed by atoms with Crippen molar-refractivity contribution >= 4 is 5.78 Å². The molecule has 0 aliphatic rings. The van der Waals surface area contributed by atoms with Crippen LogP contribution in [0.3, 0.4) is 0 Å². The van der Waals surface area contributed by atoms with Gasteiger partial charge in [0, 0.05) is 35.6 Å². The molecule has 17 heavy (non-hydrogen) atoms. The van der Waals surface area contributed by atoms with Gasteiger partial charge in [0.1, 0.15) is 5.69 Å². The minimum atomic E-state index is 0.0681. The number of hydrogen-bond donors (Lipinski definition) is 0. The highest BCUT2D eigenvalue weighted by atomic mass is 16.1. The largest absolute Gasteiger partial charge is 0.292 e. The van der Waals surface area contributed by atoms with E-state index in [2.05, 4.69) is 9.97 Å². The fourth-order valence-corrected chi connectivity index (χ4v) is 1.55. The number of aryl methyl sites for hydroxylation is 1. The number of Topliss-reactive ketones (excluding diaryl/α,β-unsaturated/α-hetero) is 1. The van der Waals surface area contributed by atoms with Gasteiger partial charge in [-0.3, -0.25) is 14.8 Å². The fraction of sp³-hybridized carbons (Fsp3) is 0.214. The molecule has 2 aromatic heterocycles. The van der Waals surface area contributed by atoms with E-state index < -0.39 is 0 Å². The number of aromatic nitrogens is 2. The van der Waals surface area contributed by atoms with E-state index in [1.807, 2.05) is 38.2 Å². The second-order valence-electron chi connectivity index (χ2n) is 3.90. The van der Waals surface area contributed by atoms with Crippen LogP contribution in [0, 0.1) is 6.92 Å². The lowest BCUT2D eigenvalue weighted by Gasteiger charge is -2.02. The summed E-state index contributed by atoms with van der Waals surface area (Å²) < 4.78 is 0. The summed E-state index contributed by atoms with van der Waals surface area (Å²) in [4.78, 5) is 19.8. The SMILES string of the molecule is CCC(=O)c1ccc(-c2ccc(C)nc2)cn1. The van der Waals surface area contributed by atoms with Gasteiger partial charge in [0.05, 0.1) is 0 Å². The third kappa shape index (κ3) is 2.56. The van der Waals surface area contributed by atoms with Gasteiger partial charge in [0.15, 0.2) is 5.78 Å². The molecule has 0 fully saturated rings. The Labute approximate surface area is 101 Å². The van der Waals surface area contributed by atoms with Gasteiger partial charge in [0.2, 0.25) is 0 Å². The van der Waals surface area contributed by atoms with Crippen LogP contribution in [-0.4, -0.2) is 15.8 Å². The molecule has 3 heteroatoms. The Balaban J connectivity index is 2.29. The lowest BCUT2D eigenvalue weighted by Crippen LogP contribution is -1.99. The van der Waals surface area contributed by atoms with Gasteiger partial charge in [0.25, 0.3) is 0 Å². The predicted octanol–water partition coefficient (Wildman–Crippen LogP) is 3.04. The number of carbonyl (C=O) groups is 1. The molecule has 86 valence electrons. The van der Waals surface area contributed by atoms with Crippen LogP contribution in [0.15, 0.2) is 36.7 Å².